The highest BCUT2D eigenvalue weighted by atomic mass is 16.5. The van der Waals surface area contributed by atoms with Gasteiger partial charge in [-0.15, -0.1) is 0 Å². The first-order valence-electron chi connectivity index (χ1n) is 9.42. The topological polar surface area (TPSA) is 55.7 Å². The average Bonchev–Trinajstić information content (AvgIpc) is 2.74. The van der Waals surface area contributed by atoms with Crippen LogP contribution in [-0.2, 0) is 4.74 Å². The number of para-hydroxylation sites is 1. The number of aromatic nitrogens is 1. The predicted molar refractivity (Wildman–Crippen MR) is 105 cm³/mol. The second kappa shape index (κ2) is 8.29. The number of amides is 1. The minimum Gasteiger partial charge on any atom is -0.370 e. The molecule has 2 heterocycles. The van der Waals surface area contributed by atoms with Crippen LogP contribution in [0, 0.1) is 0 Å². The molecule has 1 amide bonds. The van der Waals surface area contributed by atoms with Crippen LogP contribution in [0.4, 0.5) is 0 Å². The fourth-order valence-corrected chi connectivity index (χ4v) is 3.52. The van der Waals surface area contributed by atoms with Crippen LogP contribution in [0.15, 0.2) is 66.7 Å². The number of fused-ring (bicyclic) bond motifs is 1. The molecule has 1 fully saturated rings. The van der Waals surface area contributed by atoms with Crippen LogP contribution in [0.5, 0.6) is 0 Å². The van der Waals surface area contributed by atoms with E-state index in [1.807, 2.05) is 48.5 Å². The van der Waals surface area contributed by atoms with E-state index in [1.54, 1.807) is 6.07 Å². The molecule has 5 nitrogen and oxygen atoms in total. The van der Waals surface area contributed by atoms with Gasteiger partial charge in [-0.3, -0.25) is 4.79 Å². The molecule has 0 saturated carbocycles. The fraction of sp³-hybridized carbons (Fsp3) is 0.273. The van der Waals surface area contributed by atoms with Gasteiger partial charge in [0.2, 0.25) is 0 Å². The van der Waals surface area contributed by atoms with Gasteiger partial charge in [0.05, 0.1) is 18.7 Å². The number of rotatable bonds is 5. The summed E-state index contributed by atoms with van der Waals surface area (Å²) in [5, 5.41) is 4.23. The van der Waals surface area contributed by atoms with Crippen LogP contribution in [-0.4, -0.2) is 43.7 Å². The number of nitrogens with one attached hydrogen (secondary N) is 2. The van der Waals surface area contributed by atoms with Crippen molar-refractivity contribution in [3.8, 4) is 0 Å². The Morgan fingerprint density at radius 3 is 2.56 bits per heavy atom. The maximum Gasteiger partial charge on any atom is 0.270 e. The normalized spacial score (nSPS) is 16.1. The van der Waals surface area contributed by atoms with E-state index < -0.39 is 0 Å². The standard InChI is InChI=1S/C22H23N3O2/c26-22(20-11-10-18-8-4-5-9-19(18)23-20)24-21(17-6-2-1-3-7-17)16-25-12-14-27-15-13-25/h1-11,21H,12-16H2,(H,24,26)/p+1/t21-/m1/s1. The summed E-state index contributed by atoms with van der Waals surface area (Å²) < 4.78 is 5.46. The third-order valence-corrected chi connectivity index (χ3v) is 5.03. The lowest BCUT2D eigenvalue weighted by molar-refractivity contribution is -0.909. The van der Waals surface area contributed by atoms with Gasteiger partial charge in [-0.1, -0.05) is 54.6 Å². The second-order valence-electron chi connectivity index (χ2n) is 6.89. The fourth-order valence-electron chi connectivity index (χ4n) is 3.52. The molecular weight excluding hydrogens is 338 g/mol. The van der Waals surface area contributed by atoms with Crippen LogP contribution in [0.2, 0.25) is 0 Å². The summed E-state index contributed by atoms with van der Waals surface area (Å²) >= 11 is 0. The Hall–Kier alpha value is -2.76. The van der Waals surface area contributed by atoms with Crippen molar-refractivity contribution >= 4 is 16.8 Å². The van der Waals surface area contributed by atoms with Crippen LogP contribution in [0.25, 0.3) is 10.9 Å². The first kappa shape index (κ1) is 17.6. The lowest BCUT2D eigenvalue weighted by atomic mass is 10.1. The Morgan fingerprint density at radius 1 is 1.00 bits per heavy atom. The molecule has 0 spiro atoms. The van der Waals surface area contributed by atoms with Crippen molar-refractivity contribution in [1.82, 2.24) is 10.3 Å². The number of quaternary nitrogens is 1. The van der Waals surface area contributed by atoms with Crippen molar-refractivity contribution in [3.63, 3.8) is 0 Å². The predicted octanol–water partition coefficient (Wildman–Crippen LogP) is 1.62. The molecule has 27 heavy (non-hydrogen) atoms. The van der Waals surface area contributed by atoms with Gasteiger partial charge in [-0.25, -0.2) is 4.98 Å². The van der Waals surface area contributed by atoms with Crippen LogP contribution < -0.4 is 10.2 Å². The van der Waals surface area contributed by atoms with Gasteiger partial charge >= 0.3 is 0 Å². The average molecular weight is 362 g/mol. The van der Waals surface area contributed by atoms with Crippen molar-refractivity contribution in [2.75, 3.05) is 32.8 Å². The number of carbonyl (C=O) groups is 1. The first-order valence-corrected chi connectivity index (χ1v) is 9.42. The number of nitrogens with zero attached hydrogens (tertiary/aromatic N) is 1. The van der Waals surface area contributed by atoms with Gasteiger partial charge in [-0.05, 0) is 17.7 Å². The van der Waals surface area contributed by atoms with E-state index in [2.05, 4.69) is 22.4 Å². The molecule has 4 rings (SSSR count). The van der Waals surface area contributed by atoms with Crippen LogP contribution >= 0.6 is 0 Å². The monoisotopic (exact) mass is 362 g/mol. The molecule has 1 aromatic heterocycles. The van der Waals surface area contributed by atoms with Gasteiger partial charge in [0.25, 0.3) is 5.91 Å². The maximum atomic E-state index is 12.9. The summed E-state index contributed by atoms with van der Waals surface area (Å²) in [7, 11) is 0. The van der Waals surface area contributed by atoms with Gasteiger partial charge in [-0.2, -0.15) is 0 Å². The minimum atomic E-state index is -0.137. The zero-order valence-electron chi connectivity index (χ0n) is 15.2. The molecule has 0 radical (unpaired) electrons. The molecule has 2 N–H and O–H groups in total. The van der Waals surface area contributed by atoms with E-state index >= 15 is 0 Å². The van der Waals surface area contributed by atoms with Gasteiger partial charge in [0.15, 0.2) is 0 Å². The van der Waals surface area contributed by atoms with E-state index in [0.29, 0.717) is 5.69 Å². The highest BCUT2D eigenvalue weighted by Gasteiger charge is 2.23. The minimum absolute atomic E-state index is 0.0555. The summed E-state index contributed by atoms with van der Waals surface area (Å²) in [5.74, 6) is -0.137. The summed E-state index contributed by atoms with van der Waals surface area (Å²) in [6.07, 6.45) is 0. The molecule has 5 heteroatoms. The number of ether oxygens (including phenoxy) is 1. The molecule has 138 valence electrons. The van der Waals surface area contributed by atoms with E-state index in [1.165, 1.54) is 4.90 Å². The molecule has 2 aromatic carbocycles. The molecule has 1 saturated heterocycles. The zero-order chi connectivity index (χ0) is 18.5. The highest BCUT2D eigenvalue weighted by Crippen LogP contribution is 2.14. The van der Waals surface area contributed by atoms with E-state index in [-0.39, 0.29) is 11.9 Å². The van der Waals surface area contributed by atoms with Crippen molar-refractivity contribution < 1.29 is 14.4 Å². The maximum absolute atomic E-state index is 12.9. The third-order valence-electron chi connectivity index (χ3n) is 5.03. The van der Waals surface area contributed by atoms with Crippen molar-refractivity contribution in [2.45, 2.75) is 6.04 Å². The highest BCUT2D eigenvalue weighted by molar-refractivity contribution is 5.95. The summed E-state index contributed by atoms with van der Waals surface area (Å²) in [4.78, 5) is 18.9. The van der Waals surface area contributed by atoms with Gasteiger partial charge in [0, 0.05) is 5.39 Å². The summed E-state index contributed by atoms with van der Waals surface area (Å²) in [6, 6.07) is 21.7. The Balaban J connectivity index is 1.54. The van der Waals surface area contributed by atoms with E-state index in [9.17, 15) is 4.79 Å². The molecule has 3 aromatic rings. The molecule has 1 aliphatic rings. The number of pyridine rings is 1. The van der Waals surface area contributed by atoms with Crippen LogP contribution in [0.1, 0.15) is 22.1 Å². The van der Waals surface area contributed by atoms with E-state index in [4.69, 9.17) is 4.74 Å². The zero-order valence-corrected chi connectivity index (χ0v) is 15.2. The lowest BCUT2D eigenvalue weighted by Crippen LogP contribution is -3.14. The first-order chi connectivity index (χ1) is 13.3. The third kappa shape index (κ3) is 4.32. The number of benzene rings is 2. The molecule has 1 atom stereocenters. The number of morpholine rings is 1. The Morgan fingerprint density at radius 2 is 1.74 bits per heavy atom. The largest absolute Gasteiger partial charge is 0.370 e. The summed E-state index contributed by atoms with van der Waals surface area (Å²) in [6.45, 7) is 4.32. The van der Waals surface area contributed by atoms with Crippen molar-refractivity contribution in [1.29, 1.82) is 0 Å². The molecule has 1 aliphatic heterocycles. The molecular formula is C22H24N3O2+. The van der Waals surface area contributed by atoms with E-state index in [0.717, 1.165) is 49.3 Å². The van der Waals surface area contributed by atoms with Gasteiger partial charge < -0.3 is 15.0 Å². The Labute approximate surface area is 159 Å². The quantitative estimate of drug-likeness (QED) is 0.725. The number of hydrogen-bond donors (Lipinski definition) is 2. The molecule has 0 unspecified atom stereocenters. The molecule has 0 bridgehead atoms. The smallest absolute Gasteiger partial charge is 0.270 e. The van der Waals surface area contributed by atoms with Crippen molar-refractivity contribution in [2.24, 2.45) is 0 Å². The van der Waals surface area contributed by atoms with Gasteiger partial charge in [0.1, 0.15) is 31.4 Å². The Bertz CT molecular complexity index is 908. The molecule has 0 aliphatic carbocycles. The SMILES string of the molecule is O=C(N[C@H](C[NH+]1CCOCC1)c1ccccc1)c1ccc2ccccc2n1. The number of hydrogen-bond acceptors (Lipinski definition) is 3. The number of carbonyl (C=O) groups excluding carboxylic acids is 1. The summed E-state index contributed by atoms with van der Waals surface area (Å²) in [5.41, 5.74) is 2.40. The van der Waals surface area contributed by atoms with Crippen LogP contribution in [0.3, 0.4) is 0 Å². The second-order valence-corrected chi connectivity index (χ2v) is 6.89. The Kier molecular flexibility index (Phi) is 5.42. The van der Waals surface area contributed by atoms with Crippen molar-refractivity contribution in [3.05, 3.63) is 78.0 Å². The lowest BCUT2D eigenvalue weighted by Gasteiger charge is -2.28.